The van der Waals surface area contributed by atoms with Crippen LogP contribution >= 0.6 is 0 Å². The van der Waals surface area contributed by atoms with Crippen LogP contribution in [0.4, 0.5) is 0 Å². The SMILES string of the molecule is CCCCOc1ccc2nc(C)c(CCCN)cc2c1. The molecule has 3 nitrogen and oxygen atoms in total. The highest BCUT2D eigenvalue weighted by molar-refractivity contribution is 5.81. The van der Waals surface area contributed by atoms with Crippen molar-refractivity contribution in [3.63, 3.8) is 0 Å². The van der Waals surface area contributed by atoms with Crippen LogP contribution in [0.15, 0.2) is 24.3 Å². The average molecular weight is 272 g/mol. The molecule has 0 bridgehead atoms. The van der Waals surface area contributed by atoms with Gasteiger partial charge in [-0.3, -0.25) is 4.98 Å². The highest BCUT2D eigenvalue weighted by Gasteiger charge is 2.04. The van der Waals surface area contributed by atoms with Crippen LogP contribution in [0.5, 0.6) is 5.75 Å². The number of ether oxygens (including phenoxy) is 1. The largest absolute Gasteiger partial charge is 0.494 e. The topological polar surface area (TPSA) is 48.1 Å². The van der Waals surface area contributed by atoms with E-state index in [0.29, 0.717) is 0 Å². The van der Waals surface area contributed by atoms with Crippen LogP contribution in [0.2, 0.25) is 0 Å². The van der Waals surface area contributed by atoms with Crippen molar-refractivity contribution in [1.82, 2.24) is 4.98 Å². The first-order valence-corrected chi connectivity index (χ1v) is 7.47. The first-order valence-electron chi connectivity index (χ1n) is 7.47. The number of hydrogen-bond acceptors (Lipinski definition) is 3. The lowest BCUT2D eigenvalue weighted by molar-refractivity contribution is 0.310. The zero-order valence-electron chi connectivity index (χ0n) is 12.5. The van der Waals surface area contributed by atoms with E-state index in [0.717, 1.165) is 61.2 Å². The van der Waals surface area contributed by atoms with Crippen LogP contribution in [-0.4, -0.2) is 18.1 Å². The van der Waals surface area contributed by atoms with Crippen molar-refractivity contribution in [3.8, 4) is 5.75 Å². The van der Waals surface area contributed by atoms with Crippen molar-refractivity contribution in [2.24, 2.45) is 5.73 Å². The molecule has 0 aliphatic rings. The van der Waals surface area contributed by atoms with Crippen molar-refractivity contribution in [1.29, 1.82) is 0 Å². The smallest absolute Gasteiger partial charge is 0.120 e. The lowest BCUT2D eigenvalue weighted by atomic mass is 10.1. The van der Waals surface area contributed by atoms with Crippen molar-refractivity contribution < 1.29 is 4.74 Å². The second-order valence-electron chi connectivity index (χ2n) is 5.18. The Hall–Kier alpha value is -1.61. The third kappa shape index (κ3) is 3.70. The van der Waals surface area contributed by atoms with E-state index in [9.17, 15) is 0 Å². The van der Waals surface area contributed by atoms with Gasteiger partial charge in [-0.25, -0.2) is 0 Å². The van der Waals surface area contributed by atoms with Gasteiger partial charge in [-0.05, 0) is 62.6 Å². The third-order valence-corrected chi connectivity index (χ3v) is 3.50. The molecule has 1 aromatic heterocycles. The van der Waals surface area contributed by atoms with Gasteiger partial charge in [-0.15, -0.1) is 0 Å². The van der Waals surface area contributed by atoms with E-state index in [4.69, 9.17) is 10.5 Å². The molecule has 0 radical (unpaired) electrons. The summed E-state index contributed by atoms with van der Waals surface area (Å²) in [5, 5.41) is 1.15. The number of aromatic nitrogens is 1. The number of rotatable bonds is 7. The van der Waals surface area contributed by atoms with E-state index >= 15 is 0 Å². The Bertz CT molecular complexity index is 566. The number of fused-ring (bicyclic) bond motifs is 1. The highest BCUT2D eigenvalue weighted by Crippen LogP contribution is 2.23. The van der Waals surface area contributed by atoms with Gasteiger partial charge in [0, 0.05) is 11.1 Å². The zero-order valence-corrected chi connectivity index (χ0v) is 12.5. The van der Waals surface area contributed by atoms with Gasteiger partial charge in [0.05, 0.1) is 12.1 Å². The van der Waals surface area contributed by atoms with Gasteiger partial charge in [-0.1, -0.05) is 13.3 Å². The molecule has 2 N–H and O–H groups in total. The Morgan fingerprint density at radius 1 is 1.20 bits per heavy atom. The molecular formula is C17H24N2O. The maximum absolute atomic E-state index is 5.76. The molecule has 3 heteroatoms. The van der Waals surface area contributed by atoms with Crippen molar-refractivity contribution in [2.75, 3.05) is 13.2 Å². The Kier molecular flexibility index (Phi) is 5.36. The Balaban J connectivity index is 2.23. The van der Waals surface area contributed by atoms with Crippen LogP contribution < -0.4 is 10.5 Å². The van der Waals surface area contributed by atoms with Gasteiger partial charge in [0.25, 0.3) is 0 Å². The van der Waals surface area contributed by atoms with E-state index in [2.05, 4.69) is 31.0 Å². The van der Waals surface area contributed by atoms with Crippen LogP contribution in [0, 0.1) is 6.92 Å². The summed E-state index contributed by atoms with van der Waals surface area (Å²) in [6, 6.07) is 8.35. The van der Waals surface area contributed by atoms with E-state index in [1.165, 1.54) is 5.56 Å². The van der Waals surface area contributed by atoms with Crippen molar-refractivity contribution in [3.05, 3.63) is 35.5 Å². The lowest BCUT2D eigenvalue weighted by Gasteiger charge is -2.09. The average Bonchev–Trinajstić information content (AvgIpc) is 2.45. The van der Waals surface area contributed by atoms with Crippen molar-refractivity contribution >= 4 is 10.9 Å². The molecule has 0 atom stereocenters. The summed E-state index contributed by atoms with van der Waals surface area (Å²) in [6.07, 6.45) is 4.23. The molecule has 0 aliphatic carbocycles. The summed E-state index contributed by atoms with van der Waals surface area (Å²) in [4.78, 5) is 4.67. The highest BCUT2D eigenvalue weighted by atomic mass is 16.5. The van der Waals surface area contributed by atoms with Gasteiger partial charge >= 0.3 is 0 Å². The molecular weight excluding hydrogens is 248 g/mol. The molecule has 1 aromatic carbocycles. The summed E-state index contributed by atoms with van der Waals surface area (Å²) in [5.74, 6) is 0.932. The maximum atomic E-state index is 5.76. The molecule has 0 fully saturated rings. The summed E-state index contributed by atoms with van der Waals surface area (Å²) in [5.41, 5.74) is 9.01. The molecule has 2 aromatic rings. The van der Waals surface area contributed by atoms with Crippen LogP contribution in [0.25, 0.3) is 10.9 Å². The minimum atomic E-state index is 0.720. The molecule has 20 heavy (non-hydrogen) atoms. The van der Waals surface area contributed by atoms with Gasteiger partial charge < -0.3 is 10.5 Å². The number of pyridine rings is 1. The normalized spacial score (nSPS) is 10.9. The quantitative estimate of drug-likeness (QED) is 0.783. The predicted octanol–water partition coefficient (Wildman–Crippen LogP) is 3.61. The first kappa shape index (κ1) is 14.8. The van der Waals surface area contributed by atoms with Gasteiger partial charge in [0.2, 0.25) is 0 Å². The summed E-state index contributed by atoms with van der Waals surface area (Å²) in [7, 11) is 0. The fourth-order valence-electron chi connectivity index (χ4n) is 2.26. The molecule has 0 unspecified atom stereocenters. The fourth-order valence-corrected chi connectivity index (χ4v) is 2.26. The van der Waals surface area contributed by atoms with Gasteiger partial charge in [0.1, 0.15) is 5.75 Å². The zero-order chi connectivity index (χ0) is 14.4. The Morgan fingerprint density at radius 3 is 2.80 bits per heavy atom. The molecule has 0 amide bonds. The summed E-state index contributed by atoms with van der Waals surface area (Å²) in [6.45, 7) is 5.73. The van der Waals surface area contributed by atoms with Crippen LogP contribution in [-0.2, 0) is 6.42 Å². The number of aryl methyl sites for hydroxylation is 2. The minimum absolute atomic E-state index is 0.720. The second-order valence-corrected chi connectivity index (χ2v) is 5.18. The summed E-state index contributed by atoms with van der Waals surface area (Å²) < 4.78 is 5.76. The molecule has 0 spiro atoms. The standard InChI is InChI=1S/C17H24N2O/c1-3-4-10-20-16-7-8-17-15(12-16)11-14(6-5-9-18)13(2)19-17/h7-8,11-12H,3-6,9-10,18H2,1-2H3. The monoisotopic (exact) mass is 272 g/mol. The molecule has 2 rings (SSSR count). The van der Waals surface area contributed by atoms with E-state index < -0.39 is 0 Å². The van der Waals surface area contributed by atoms with Gasteiger partial charge in [-0.2, -0.15) is 0 Å². The third-order valence-electron chi connectivity index (χ3n) is 3.50. The summed E-state index contributed by atoms with van der Waals surface area (Å²) >= 11 is 0. The number of nitrogens with two attached hydrogens (primary N) is 1. The van der Waals surface area contributed by atoms with E-state index in [1.54, 1.807) is 0 Å². The lowest BCUT2D eigenvalue weighted by Crippen LogP contribution is -2.02. The number of benzene rings is 1. The Morgan fingerprint density at radius 2 is 2.05 bits per heavy atom. The molecule has 0 saturated heterocycles. The molecule has 0 aliphatic heterocycles. The van der Waals surface area contributed by atoms with Crippen LogP contribution in [0.3, 0.4) is 0 Å². The number of hydrogen-bond donors (Lipinski definition) is 1. The van der Waals surface area contributed by atoms with Gasteiger partial charge in [0.15, 0.2) is 0 Å². The van der Waals surface area contributed by atoms with E-state index in [1.807, 2.05) is 12.1 Å². The number of nitrogens with zero attached hydrogens (tertiary/aromatic N) is 1. The fraction of sp³-hybridized carbons (Fsp3) is 0.471. The second kappa shape index (κ2) is 7.25. The minimum Gasteiger partial charge on any atom is -0.494 e. The van der Waals surface area contributed by atoms with E-state index in [-0.39, 0.29) is 0 Å². The molecule has 1 heterocycles. The van der Waals surface area contributed by atoms with Crippen molar-refractivity contribution in [2.45, 2.75) is 39.5 Å². The number of unbranched alkanes of at least 4 members (excludes halogenated alkanes) is 1. The first-order chi connectivity index (χ1) is 9.74. The molecule has 0 saturated carbocycles. The maximum Gasteiger partial charge on any atom is 0.120 e. The van der Waals surface area contributed by atoms with Crippen LogP contribution in [0.1, 0.15) is 37.4 Å². The predicted molar refractivity (Wildman–Crippen MR) is 84.3 cm³/mol. The molecule has 108 valence electrons. The Labute approximate surface area is 121 Å².